The Kier molecular flexibility index (Phi) is 2.15. The lowest BCUT2D eigenvalue weighted by Gasteiger charge is -2.06. The van der Waals surface area contributed by atoms with Crippen LogP contribution in [-0.2, 0) is 0 Å². The number of aromatic nitrogens is 2. The molecular formula is C17H11N2. The number of para-hydroxylation sites is 1. The lowest BCUT2D eigenvalue weighted by molar-refractivity contribution is 1.17. The molecular weight excluding hydrogens is 232 g/mol. The van der Waals surface area contributed by atoms with Gasteiger partial charge in [-0.05, 0) is 30.3 Å². The predicted molar refractivity (Wildman–Crippen MR) is 77.4 cm³/mol. The highest BCUT2D eigenvalue weighted by Crippen LogP contribution is 2.30. The van der Waals surface area contributed by atoms with E-state index in [9.17, 15) is 0 Å². The molecule has 0 N–H and O–H groups in total. The van der Waals surface area contributed by atoms with Crippen molar-refractivity contribution in [1.82, 2.24) is 9.55 Å². The zero-order valence-corrected chi connectivity index (χ0v) is 10.2. The molecule has 4 rings (SSSR count). The number of benzene rings is 2. The lowest BCUT2D eigenvalue weighted by atomic mass is 10.2. The summed E-state index contributed by atoms with van der Waals surface area (Å²) in [6.45, 7) is 0. The van der Waals surface area contributed by atoms with Gasteiger partial charge in [0.2, 0.25) is 0 Å². The first kappa shape index (κ1) is 10.3. The minimum absolute atomic E-state index is 1.15. The Hall–Kier alpha value is -2.61. The van der Waals surface area contributed by atoms with Gasteiger partial charge >= 0.3 is 0 Å². The molecule has 2 heteroatoms. The van der Waals surface area contributed by atoms with Crippen molar-refractivity contribution in [2.24, 2.45) is 0 Å². The molecule has 0 aliphatic carbocycles. The second kappa shape index (κ2) is 3.95. The lowest BCUT2D eigenvalue weighted by Crippen LogP contribution is -1.92. The molecule has 0 unspecified atom stereocenters. The van der Waals surface area contributed by atoms with Gasteiger partial charge in [-0.25, -0.2) is 0 Å². The van der Waals surface area contributed by atoms with Crippen LogP contribution in [0.2, 0.25) is 0 Å². The number of rotatable bonds is 1. The predicted octanol–water partition coefficient (Wildman–Crippen LogP) is 3.98. The van der Waals surface area contributed by atoms with Crippen LogP contribution in [0, 0.1) is 6.07 Å². The van der Waals surface area contributed by atoms with Crippen LogP contribution in [0.5, 0.6) is 0 Å². The Bertz CT molecular complexity index is 807. The molecule has 2 aromatic carbocycles. The average Bonchev–Trinajstić information content (AvgIpc) is 2.83. The molecule has 2 heterocycles. The minimum Gasteiger partial charge on any atom is -0.309 e. The highest BCUT2D eigenvalue weighted by Gasteiger charge is 2.10. The molecule has 2 nitrogen and oxygen atoms in total. The second-order valence-corrected chi connectivity index (χ2v) is 4.50. The van der Waals surface area contributed by atoms with Crippen molar-refractivity contribution < 1.29 is 0 Å². The van der Waals surface area contributed by atoms with Gasteiger partial charge in [0.1, 0.15) is 0 Å². The van der Waals surface area contributed by atoms with Crippen molar-refractivity contribution in [3.63, 3.8) is 0 Å². The van der Waals surface area contributed by atoms with Crippen LogP contribution in [-0.4, -0.2) is 9.55 Å². The van der Waals surface area contributed by atoms with E-state index in [0.717, 1.165) is 5.69 Å². The van der Waals surface area contributed by atoms with E-state index in [1.807, 2.05) is 24.5 Å². The van der Waals surface area contributed by atoms with Crippen LogP contribution < -0.4 is 0 Å². The summed E-state index contributed by atoms with van der Waals surface area (Å²) >= 11 is 0. The molecule has 0 bridgehead atoms. The van der Waals surface area contributed by atoms with Crippen LogP contribution in [0.3, 0.4) is 0 Å². The van der Waals surface area contributed by atoms with Gasteiger partial charge in [0.25, 0.3) is 0 Å². The third-order valence-corrected chi connectivity index (χ3v) is 3.43. The largest absolute Gasteiger partial charge is 0.309 e. The van der Waals surface area contributed by atoms with Gasteiger partial charge in [0.05, 0.1) is 11.0 Å². The summed E-state index contributed by atoms with van der Waals surface area (Å²) in [6.07, 6.45) is 3.77. The first-order chi connectivity index (χ1) is 9.45. The summed E-state index contributed by atoms with van der Waals surface area (Å²) in [6, 6.07) is 21.6. The second-order valence-electron chi connectivity index (χ2n) is 4.50. The summed E-state index contributed by atoms with van der Waals surface area (Å²) in [7, 11) is 0. The fourth-order valence-electron chi connectivity index (χ4n) is 2.62. The van der Waals surface area contributed by atoms with Gasteiger partial charge in [0.15, 0.2) is 0 Å². The third-order valence-electron chi connectivity index (χ3n) is 3.43. The number of fused-ring (bicyclic) bond motifs is 3. The molecule has 0 aliphatic heterocycles. The van der Waals surface area contributed by atoms with Crippen molar-refractivity contribution >= 4 is 21.8 Å². The van der Waals surface area contributed by atoms with E-state index in [1.54, 1.807) is 0 Å². The van der Waals surface area contributed by atoms with Gasteiger partial charge in [-0.15, -0.1) is 0 Å². The maximum Gasteiger partial charge on any atom is 0.0571 e. The van der Waals surface area contributed by atoms with E-state index < -0.39 is 0 Å². The number of hydrogen-bond donors (Lipinski definition) is 0. The maximum atomic E-state index is 4.25. The smallest absolute Gasteiger partial charge is 0.0571 e. The van der Waals surface area contributed by atoms with Crippen molar-refractivity contribution in [1.29, 1.82) is 0 Å². The summed E-state index contributed by atoms with van der Waals surface area (Å²) < 4.78 is 2.26. The molecule has 89 valence electrons. The van der Waals surface area contributed by atoms with Crippen LogP contribution >= 0.6 is 0 Å². The quantitative estimate of drug-likeness (QED) is 0.494. The molecule has 0 fully saturated rings. The van der Waals surface area contributed by atoms with E-state index in [-0.39, 0.29) is 0 Å². The fraction of sp³-hybridized carbons (Fsp3) is 0. The van der Waals surface area contributed by atoms with E-state index in [4.69, 9.17) is 0 Å². The van der Waals surface area contributed by atoms with Crippen LogP contribution in [0.15, 0.2) is 67.0 Å². The highest BCUT2D eigenvalue weighted by molar-refractivity contribution is 6.08. The van der Waals surface area contributed by atoms with E-state index in [1.165, 1.54) is 21.8 Å². The molecule has 1 radical (unpaired) electrons. The Labute approximate surface area is 110 Å². The summed E-state index contributed by atoms with van der Waals surface area (Å²) in [4.78, 5) is 4.25. The van der Waals surface area contributed by atoms with Gasteiger partial charge < -0.3 is 4.57 Å². The SMILES string of the molecule is [c]1ccc(-n2c3ccccc3c3cnccc32)cc1. The van der Waals surface area contributed by atoms with Gasteiger partial charge in [-0.3, -0.25) is 4.98 Å². The standard InChI is InChI=1S/C17H11N2/c1-2-6-13(7-3-1)19-16-9-5-4-8-14(16)15-12-18-11-10-17(15)19/h2-12H. The summed E-state index contributed by atoms with van der Waals surface area (Å²) in [5.41, 5.74) is 3.54. The van der Waals surface area contributed by atoms with Gasteiger partial charge in [-0.1, -0.05) is 30.3 Å². The molecule has 0 saturated carbocycles. The van der Waals surface area contributed by atoms with Crippen LogP contribution in [0.25, 0.3) is 27.5 Å². The summed E-state index contributed by atoms with van der Waals surface area (Å²) in [5, 5.41) is 2.42. The van der Waals surface area contributed by atoms with Crippen LogP contribution in [0.1, 0.15) is 0 Å². The zero-order valence-electron chi connectivity index (χ0n) is 10.2. The number of pyridine rings is 1. The average molecular weight is 243 g/mol. The zero-order chi connectivity index (χ0) is 12.7. The number of hydrogen-bond acceptors (Lipinski definition) is 1. The van der Waals surface area contributed by atoms with Gasteiger partial charge in [0, 0.05) is 28.9 Å². The van der Waals surface area contributed by atoms with Crippen LogP contribution in [0.4, 0.5) is 0 Å². The first-order valence-corrected chi connectivity index (χ1v) is 6.25. The van der Waals surface area contributed by atoms with Crippen molar-refractivity contribution in [2.75, 3.05) is 0 Å². The highest BCUT2D eigenvalue weighted by atomic mass is 15.0. The van der Waals surface area contributed by atoms with Crippen molar-refractivity contribution in [3.8, 4) is 5.69 Å². The van der Waals surface area contributed by atoms with E-state index >= 15 is 0 Å². The Morgan fingerprint density at radius 1 is 0.842 bits per heavy atom. The molecule has 0 amide bonds. The maximum absolute atomic E-state index is 4.25. The third kappa shape index (κ3) is 1.47. The van der Waals surface area contributed by atoms with Gasteiger partial charge in [-0.2, -0.15) is 0 Å². The van der Waals surface area contributed by atoms with Crippen molar-refractivity contribution in [3.05, 3.63) is 73.1 Å². The Morgan fingerprint density at radius 2 is 1.63 bits per heavy atom. The Morgan fingerprint density at radius 3 is 2.53 bits per heavy atom. The topological polar surface area (TPSA) is 17.8 Å². The number of nitrogens with zero attached hydrogens (tertiary/aromatic N) is 2. The molecule has 0 spiro atoms. The minimum atomic E-state index is 1.15. The molecule has 0 saturated heterocycles. The molecule has 0 atom stereocenters. The molecule has 2 aromatic heterocycles. The van der Waals surface area contributed by atoms with E-state index in [2.05, 4.69) is 58.1 Å². The van der Waals surface area contributed by atoms with E-state index in [0.29, 0.717) is 0 Å². The summed E-state index contributed by atoms with van der Waals surface area (Å²) in [5.74, 6) is 0. The van der Waals surface area contributed by atoms with Crippen molar-refractivity contribution in [2.45, 2.75) is 0 Å². The fourth-order valence-corrected chi connectivity index (χ4v) is 2.62. The molecule has 0 aliphatic rings. The normalized spacial score (nSPS) is 11.2. The Balaban J connectivity index is 2.24. The first-order valence-electron chi connectivity index (χ1n) is 6.25. The molecule has 4 aromatic rings. The monoisotopic (exact) mass is 243 g/mol. The molecule has 19 heavy (non-hydrogen) atoms.